The number of ether oxygens (including phenoxy) is 1. The van der Waals surface area contributed by atoms with Gasteiger partial charge >= 0.3 is 5.97 Å². The van der Waals surface area contributed by atoms with E-state index >= 15 is 0 Å². The van der Waals surface area contributed by atoms with E-state index in [1.54, 1.807) is 38.1 Å². The van der Waals surface area contributed by atoms with Gasteiger partial charge in [0.15, 0.2) is 9.84 Å². The number of anilines is 1. The summed E-state index contributed by atoms with van der Waals surface area (Å²) in [5.41, 5.74) is 0.994. The average Bonchev–Trinajstić information content (AvgIpc) is 3.01. The quantitative estimate of drug-likeness (QED) is 0.716. The zero-order valence-corrected chi connectivity index (χ0v) is 17.1. The molecule has 0 saturated carbocycles. The minimum atomic E-state index is -3.17. The van der Waals surface area contributed by atoms with Crippen LogP contribution in [-0.4, -0.2) is 60.6 Å². The van der Waals surface area contributed by atoms with E-state index in [0.29, 0.717) is 17.7 Å². The Kier molecular flexibility index (Phi) is 6.02. The molecule has 0 bridgehead atoms. The first kappa shape index (κ1) is 21.0. The number of nitrogens with one attached hydrogen (secondary N) is 1. The molecule has 10 heteroatoms. The molecule has 1 fully saturated rings. The van der Waals surface area contributed by atoms with Crippen LogP contribution in [0, 0.1) is 0 Å². The van der Waals surface area contributed by atoms with Crippen LogP contribution in [0.1, 0.15) is 43.5 Å². The van der Waals surface area contributed by atoms with Crippen molar-refractivity contribution in [3.63, 3.8) is 0 Å². The Labute approximate surface area is 169 Å². The Hall–Kier alpha value is -2.75. The normalized spacial score (nSPS) is 21.1. The van der Waals surface area contributed by atoms with Crippen LogP contribution in [-0.2, 0) is 24.2 Å². The van der Waals surface area contributed by atoms with Gasteiger partial charge in [0.25, 0.3) is 5.91 Å². The fourth-order valence-electron chi connectivity index (χ4n) is 3.16. The van der Waals surface area contributed by atoms with E-state index in [1.807, 2.05) is 0 Å². The van der Waals surface area contributed by atoms with Crippen molar-refractivity contribution in [3.05, 3.63) is 29.8 Å². The maximum Gasteiger partial charge on any atom is 0.338 e. The number of rotatable bonds is 5. The van der Waals surface area contributed by atoms with Gasteiger partial charge in [-0.1, -0.05) is 0 Å². The molecule has 2 aliphatic rings. The van der Waals surface area contributed by atoms with Gasteiger partial charge in [0.1, 0.15) is 5.71 Å². The molecule has 0 unspecified atom stereocenters. The van der Waals surface area contributed by atoms with Crippen molar-refractivity contribution in [1.82, 2.24) is 5.01 Å². The van der Waals surface area contributed by atoms with Gasteiger partial charge in [-0.3, -0.25) is 9.59 Å². The van der Waals surface area contributed by atoms with Gasteiger partial charge in [-0.15, -0.1) is 0 Å². The van der Waals surface area contributed by atoms with Gasteiger partial charge < -0.3 is 10.1 Å². The largest absolute Gasteiger partial charge is 0.459 e. The molecule has 1 aromatic carbocycles. The number of sulfone groups is 1. The van der Waals surface area contributed by atoms with E-state index in [1.165, 1.54) is 0 Å². The second kappa shape index (κ2) is 8.32. The van der Waals surface area contributed by atoms with E-state index in [9.17, 15) is 22.8 Å². The molecule has 0 aliphatic carbocycles. The lowest BCUT2D eigenvalue weighted by Crippen LogP contribution is -2.42. The first-order valence-electron chi connectivity index (χ1n) is 9.37. The third-order valence-corrected chi connectivity index (χ3v) is 6.35. The summed E-state index contributed by atoms with van der Waals surface area (Å²) in [5, 5.41) is 7.96. The summed E-state index contributed by atoms with van der Waals surface area (Å²) < 4.78 is 28.5. The molecule has 3 rings (SSSR count). The first-order valence-corrected chi connectivity index (χ1v) is 11.2. The van der Waals surface area contributed by atoms with Crippen LogP contribution in [0.3, 0.4) is 0 Å². The number of esters is 1. The van der Waals surface area contributed by atoms with Gasteiger partial charge in [0.2, 0.25) is 5.91 Å². The molecule has 0 spiro atoms. The highest BCUT2D eigenvalue weighted by Crippen LogP contribution is 2.22. The predicted molar refractivity (Wildman–Crippen MR) is 106 cm³/mol. The molecule has 2 aliphatic heterocycles. The number of hydrogen-bond donors (Lipinski definition) is 1. The van der Waals surface area contributed by atoms with Crippen LogP contribution in [0.5, 0.6) is 0 Å². The van der Waals surface area contributed by atoms with Crippen LogP contribution in [0.2, 0.25) is 0 Å². The number of hydrogen-bond acceptors (Lipinski definition) is 7. The van der Waals surface area contributed by atoms with Crippen LogP contribution < -0.4 is 5.32 Å². The molecule has 1 N–H and O–H groups in total. The molecule has 0 radical (unpaired) electrons. The monoisotopic (exact) mass is 421 g/mol. The topological polar surface area (TPSA) is 122 Å². The number of carbonyl (C=O) groups is 3. The zero-order valence-electron chi connectivity index (χ0n) is 16.3. The summed E-state index contributed by atoms with van der Waals surface area (Å²) in [7, 11) is -3.17. The zero-order chi connectivity index (χ0) is 21.2. The van der Waals surface area contributed by atoms with E-state index in [0.717, 1.165) is 5.01 Å². The van der Waals surface area contributed by atoms with Gasteiger partial charge in [-0.05, 0) is 44.5 Å². The van der Waals surface area contributed by atoms with E-state index in [-0.39, 0.29) is 42.1 Å². The predicted octanol–water partition coefficient (Wildman–Crippen LogP) is 1.36. The average molecular weight is 421 g/mol. The molecule has 29 heavy (non-hydrogen) atoms. The van der Waals surface area contributed by atoms with Crippen LogP contribution >= 0.6 is 0 Å². The summed E-state index contributed by atoms with van der Waals surface area (Å²) >= 11 is 0. The summed E-state index contributed by atoms with van der Waals surface area (Å²) in [6.07, 6.45) is 0.370. The Morgan fingerprint density at radius 3 is 2.48 bits per heavy atom. The van der Waals surface area contributed by atoms with Gasteiger partial charge in [-0.25, -0.2) is 18.2 Å². The van der Waals surface area contributed by atoms with Crippen molar-refractivity contribution in [1.29, 1.82) is 0 Å². The lowest BCUT2D eigenvalue weighted by atomic mass is 10.1. The summed E-state index contributed by atoms with van der Waals surface area (Å²) in [5.74, 6) is -1.32. The number of carbonyl (C=O) groups excluding carboxylic acids is 3. The molecule has 156 valence electrons. The molecule has 9 nitrogen and oxygen atoms in total. The minimum Gasteiger partial charge on any atom is -0.459 e. The third kappa shape index (κ3) is 5.20. The van der Waals surface area contributed by atoms with Gasteiger partial charge in [-0.2, -0.15) is 5.10 Å². The lowest BCUT2D eigenvalue weighted by molar-refractivity contribution is -0.133. The second-order valence-corrected chi connectivity index (χ2v) is 9.56. The lowest BCUT2D eigenvalue weighted by Gasteiger charge is -2.27. The fraction of sp³-hybridized carbons (Fsp3) is 0.474. The molecule has 1 aromatic rings. The molecule has 1 saturated heterocycles. The molecule has 2 heterocycles. The number of benzene rings is 1. The van der Waals surface area contributed by atoms with E-state index < -0.39 is 27.8 Å². The molecule has 1 atom stereocenters. The first-order chi connectivity index (χ1) is 13.6. The highest BCUT2D eigenvalue weighted by molar-refractivity contribution is 7.91. The van der Waals surface area contributed by atoms with Crippen LogP contribution in [0.25, 0.3) is 0 Å². The Bertz CT molecular complexity index is 953. The minimum absolute atomic E-state index is 0.0179. The van der Waals surface area contributed by atoms with Crippen molar-refractivity contribution in [2.24, 2.45) is 5.10 Å². The summed E-state index contributed by atoms with van der Waals surface area (Å²) in [4.78, 5) is 36.5. The fourth-order valence-corrected chi connectivity index (χ4v) is 4.86. The molecular weight excluding hydrogens is 398 g/mol. The third-order valence-electron chi connectivity index (χ3n) is 4.60. The van der Waals surface area contributed by atoms with Crippen molar-refractivity contribution in [2.75, 3.05) is 16.8 Å². The second-order valence-electron chi connectivity index (χ2n) is 7.33. The molecule has 0 aromatic heterocycles. The standard InChI is InChI=1S/C19H23N3O6S/c1-12(2)28-19(25)13-3-5-14(6-4-13)20-18(24)16-7-8-17(23)22(21-16)15-9-10-29(26,27)11-15/h3-6,12,15H,7-11H2,1-2H3,(H,20,24)/t15-/m0/s1. The number of hydrazone groups is 1. The molecular formula is C19H23N3O6S. The Morgan fingerprint density at radius 1 is 1.21 bits per heavy atom. The SMILES string of the molecule is CC(C)OC(=O)c1ccc(NC(=O)C2=NN([C@H]3CCS(=O)(=O)C3)C(=O)CC2)cc1. The van der Waals surface area contributed by atoms with Crippen molar-refractivity contribution >= 4 is 39.0 Å². The highest BCUT2D eigenvalue weighted by atomic mass is 32.2. The number of nitrogens with zero attached hydrogens (tertiary/aromatic N) is 2. The van der Waals surface area contributed by atoms with E-state index in [4.69, 9.17) is 4.74 Å². The number of amides is 2. The van der Waals surface area contributed by atoms with Crippen LogP contribution in [0.15, 0.2) is 29.4 Å². The maximum absolute atomic E-state index is 12.5. The van der Waals surface area contributed by atoms with Crippen molar-refractivity contribution in [2.45, 2.75) is 45.3 Å². The van der Waals surface area contributed by atoms with Crippen molar-refractivity contribution in [3.8, 4) is 0 Å². The van der Waals surface area contributed by atoms with E-state index in [2.05, 4.69) is 10.4 Å². The smallest absolute Gasteiger partial charge is 0.338 e. The van der Waals surface area contributed by atoms with Crippen molar-refractivity contribution < 1.29 is 27.5 Å². The Balaban J connectivity index is 1.67. The molecule has 2 amide bonds. The van der Waals surface area contributed by atoms with Gasteiger partial charge in [0.05, 0.1) is 29.2 Å². The maximum atomic E-state index is 12.5. The summed E-state index contributed by atoms with van der Waals surface area (Å²) in [6, 6.07) is 5.71. The van der Waals surface area contributed by atoms with Crippen LogP contribution in [0.4, 0.5) is 5.69 Å². The Morgan fingerprint density at radius 2 is 1.90 bits per heavy atom. The highest BCUT2D eigenvalue weighted by Gasteiger charge is 2.37. The summed E-state index contributed by atoms with van der Waals surface area (Å²) in [6.45, 7) is 3.51. The van der Waals surface area contributed by atoms with Gasteiger partial charge in [0, 0.05) is 18.5 Å².